The number of rotatable bonds is 7. The SMILES string of the molecule is C=C/C(=C\C=C/C)C(C)/C=C/NC/C=C\C. The van der Waals surface area contributed by atoms with E-state index in [2.05, 4.69) is 37.0 Å². The van der Waals surface area contributed by atoms with Crippen LogP contribution in [0.5, 0.6) is 0 Å². The lowest BCUT2D eigenvalue weighted by Crippen LogP contribution is -2.05. The average Bonchev–Trinajstić information content (AvgIpc) is 2.30. The molecule has 0 saturated heterocycles. The van der Waals surface area contributed by atoms with Gasteiger partial charge in [0.05, 0.1) is 0 Å². The van der Waals surface area contributed by atoms with Crippen LogP contribution in [0.2, 0.25) is 0 Å². The van der Waals surface area contributed by atoms with Gasteiger partial charge in [0.1, 0.15) is 0 Å². The highest BCUT2D eigenvalue weighted by Crippen LogP contribution is 2.12. The Morgan fingerprint density at radius 2 is 2.06 bits per heavy atom. The molecule has 0 aliphatic heterocycles. The summed E-state index contributed by atoms with van der Waals surface area (Å²) in [5.41, 5.74) is 1.22. The Morgan fingerprint density at radius 3 is 2.62 bits per heavy atom. The fourth-order valence-electron chi connectivity index (χ4n) is 1.19. The largest absolute Gasteiger partial charge is 0.388 e. The van der Waals surface area contributed by atoms with Crippen LogP contribution in [0, 0.1) is 5.92 Å². The summed E-state index contributed by atoms with van der Waals surface area (Å²) in [5, 5.41) is 3.21. The molecule has 0 rings (SSSR count). The quantitative estimate of drug-likeness (QED) is 0.386. The van der Waals surface area contributed by atoms with E-state index >= 15 is 0 Å². The van der Waals surface area contributed by atoms with Gasteiger partial charge in [-0.05, 0) is 25.6 Å². The smallest absolute Gasteiger partial charge is 0.0325 e. The van der Waals surface area contributed by atoms with Crippen molar-refractivity contribution in [2.75, 3.05) is 6.54 Å². The van der Waals surface area contributed by atoms with Gasteiger partial charge in [-0.15, -0.1) is 0 Å². The van der Waals surface area contributed by atoms with Crippen molar-refractivity contribution >= 4 is 0 Å². The van der Waals surface area contributed by atoms with Gasteiger partial charge in [-0.25, -0.2) is 0 Å². The molecule has 0 heterocycles. The minimum absolute atomic E-state index is 0.381. The van der Waals surface area contributed by atoms with Crippen molar-refractivity contribution in [3.8, 4) is 0 Å². The summed E-state index contributed by atoms with van der Waals surface area (Å²) in [7, 11) is 0. The van der Waals surface area contributed by atoms with Gasteiger partial charge in [0, 0.05) is 12.5 Å². The van der Waals surface area contributed by atoms with Crippen molar-refractivity contribution in [1.29, 1.82) is 0 Å². The summed E-state index contributed by atoms with van der Waals surface area (Å²) in [6.45, 7) is 10.9. The van der Waals surface area contributed by atoms with Gasteiger partial charge < -0.3 is 5.32 Å². The lowest BCUT2D eigenvalue weighted by molar-refractivity contribution is 0.867. The molecule has 1 atom stereocenters. The Morgan fingerprint density at radius 1 is 1.31 bits per heavy atom. The van der Waals surface area contributed by atoms with E-state index in [-0.39, 0.29) is 0 Å². The summed E-state index contributed by atoms with van der Waals surface area (Å²) < 4.78 is 0. The Kier molecular flexibility index (Phi) is 9.09. The van der Waals surface area contributed by atoms with Crippen molar-refractivity contribution in [2.45, 2.75) is 20.8 Å². The standard InChI is InChI=1S/C15H23N/c1-5-8-10-15(7-3)14(4)11-13-16-12-9-6-2/h5-11,13-14,16H,3,12H2,1-2,4H3/b8-5-,9-6-,13-11+,15-10+. The van der Waals surface area contributed by atoms with Crippen LogP contribution in [0.4, 0.5) is 0 Å². The molecule has 1 N–H and O–H groups in total. The van der Waals surface area contributed by atoms with Crippen molar-refractivity contribution in [3.05, 3.63) is 60.9 Å². The molecule has 0 saturated carbocycles. The fourth-order valence-corrected chi connectivity index (χ4v) is 1.19. The van der Waals surface area contributed by atoms with Crippen molar-refractivity contribution in [2.24, 2.45) is 5.92 Å². The van der Waals surface area contributed by atoms with Gasteiger partial charge in [0.15, 0.2) is 0 Å². The molecule has 0 amide bonds. The maximum absolute atomic E-state index is 3.83. The number of allylic oxidation sites excluding steroid dienone is 7. The molecule has 88 valence electrons. The fraction of sp³-hybridized carbons (Fsp3) is 0.333. The van der Waals surface area contributed by atoms with E-state index in [1.165, 1.54) is 5.57 Å². The second-order valence-electron chi connectivity index (χ2n) is 3.52. The lowest BCUT2D eigenvalue weighted by Gasteiger charge is -2.06. The highest BCUT2D eigenvalue weighted by atomic mass is 14.8. The van der Waals surface area contributed by atoms with E-state index in [4.69, 9.17) is 0 Å². The molecule has 0 aromatic carbocycles. The zero-order chi connectivity index (χ0) is 12.2. The topological polar surface area (TPSA) is 12.0 Å². The third kappa shape index (κ3) is 6.88. The molecule has 0 aliphatic carbocycles. The van der Waals surface area contributed by atoms with E-state index in [1.807, 2.05) is 44.4 Å². The van der Waals surface area contributed by atoms with Crippen LogP contribution in [0.3, 0.4) is 0 Å². The molecule has 1 unspecified atom stereocenters. The average molecular weight is 217 g/mol. The molecule has 0 bridgehead atoms. The minimum atomic E-state index is 0.381. The van der Waals surface area contributed by atoms with E-state index in [0.717, 1.165) is 6.54 Å². The first-order chi connectivity index (χ1) is 7.76. The van der Waals surface area contributed by atoms with Crippen LogP contribution in [0.15, 0.2) is 60.9 Å². The molecule has 1 heteroatoms. The first-order valence-corrected chi connectivity index (χ1v) is 5.72. The molecule has 16 heavy (non-hydrogen) atoms. The molecule has 0 aromatic rings. The Bertz CT molecular complexity index is 293. The number of hydrogen-bond acceptors (Lipinski definition) is 1. The summed E-state index contributed by atoms with van der Waals surface area (Å²) >= 11 is 0. The zero-order valence-corrected chi connectivity index (χ0v) is 10.6. The normalized spacial score (nSPS) is 15.1. The predicted octanol–water partition coefficient (Wildman–Crippen LogP) is 3.99. The molecule has 0 aliphatic rings. The van der Waals surface area contributed by atoms with Crippen LogP contribution in [-0.4, -0.2) is 6.54 Å². The first-order valence-electron chi connectivity index (χ1n) is 5.72. The lowest BCUT2D eigenvalue weighted by atomic mass is 10.0. The molecule has 0 aromatic heterocycles. The Hall–Kier alpha value is -1.50. The van der Waals surface area contributed by atoms with E-state index in [0.29, 0.717) is 5.92 Å². The Balaban J connectivity index is 4.20. The molecule has 0 fully saturated rings. The summed E-state index contributed by atoms with van der Waals surface area (Å²) in [4.78, 5) is 0. The molecular weight excluding hydrogens is 194 g/mol. The van der Waals surface area contributed by atoms with Crippen LogP contribution in [0.25, 0.3) is 0 Å². The third-order valence-corrected chi connectivity index (χ3v) is 2.22. The van der Waals surface area contributed by atoms with Crippen LogP contribution >= 0.6 is 0 Å². The van der Waals surface area contributed by atoms with E-state index in [9.17, 15) is 0 Å². The van der Waals surface area contributed by atoms with Gasteiger partial charge in [0.25, 0.3) is 0 Å². The van der Waals surface area contributed by atoms with Crippen LogP contribution < -0.4 is 5.32 Å². The molecule has 0 radical (unpaired) electrons. The van der Waals surface area contributed by atoms with E-state index in [1.54, 1.807) is 0 Å². The van der Waals surface area contributed by atoms with E-state index < -0.39 is 0 Å². The molecule has 1 nitrogen and oxygen atoms in total. The highest BCUT2D eigenvalue weighted by Gasteiger charge is 1.98. The monoisotopic (exact) mass is 217 g/mol. The second-order valence-corrected chi connectivity index (χ2v) is 3.52. The summed E-state index contributed by atoms with van der Waals surface area (Å²) in [6, 6.07) is 0. The minimum Gasteiger partial charge on any atom is -0.388 e. The number of hydrogen-bond donors (Lipinski definition) is 1. The predicted molar refractivity (Wildman–Crippen MR) is 74.2 cm³/mol. The van der Waals surface area contributed by atoms with Crippen molar-refractivity contribution < 1.29 is 0 Å². The molecule has 0 spiro atoms. The maximum atomic E-state index is 3.83. The Labute approximate surface area is 100.0 Å². The van der Waals surface area contributed by atoms with Crippen molar-refractivity contribution in [3.63, 3.8) is 0 Å². The zero-order valence-electron chi connectivity index (χ0n) is 10.6. The summed E-state index contributed by atoms with van der Waals surface area (Å²) in [5.74, 6) is 0.381. The van der Waals surface area contributed by atoms with Gasteiger partial charge >= 0.3 is 0 Å². The van der Waals surface area contributed by atoms with Crippen molar-refractivity contribution in [1.82, 2.24) is 5.32 Å². The first kappa shape index (κ1) is 14.5. The van der Waals surface area contributed by atoms with Gasteiger partial charge in [-0.2, -0.15) is 0 Å². The van der Waals surface area contributed by atoms with Crippen LogP contribution in [0.1, 0.15) is 20.8 Å². The molecular formula is C15H23N. The summed E-state index contributed by atoms with van der Waals surface area (Å²) in [6.07, 6.45) is 16.3. The van der Waals surface area contributed by atoms with Gasteiger partial charge in [-0.1, -0.05) is 56.0 Å². The second kappa shape index (κ2) is 10.0. The highest BCUT2D eigenvalue weighted by molar-refractivity contribution is 5.27. The third-order valence-electron chi connectivity index (χ3n) is 2.22. The maximum Gasteiger partial charge on any atom is 0.0325 e. The van der Waals surface area contributed by atoms with Gasteiger partial charge in [0.2, 0.25) is 0 Å². The van der Waals surface area contributed by atoms with Gasteiger partial charge in [-0.3, -0.25) is 0 Å². The van der Waals surface area contributed by atoms with Crippen LogP contribution in [-0.2, 0) is 0 Å². The number of nitrogens with one attached hydrogen (secondary N) is 1.